The van der Waals surface area contributed by atoms with Crippen LogP contribution in [0.1, 0.15) is 0 Å². The quantitative estimate of drug-likeness (QED) is 0.168. The van der Waals surface area contributed by atoms with Gasteiger partial charge in [-0.2, -0.15) is 9.97 Å². The van der Waals surface area contributed by atoms with Crippen LogP contribution in [0.25, 0.3) is 117 Å². The maximum absolute atomic E-state index is 5.13. The highest BCUT2D eigenvalue weighted by atomic mass is 15.2. The summed E-state index contributed by atoms with van der Waals surface area (Å²) in [5.41, 5.74) is 13.9. The standard InChI is InChI=1S/C56H35N7/c1-3-14-36(15-4-1)54-58-55(37-16-5-2-6-17-37)60-56(59-54)63-48-22-11-8-19-43(48)46-34-38(26-32-50(46)63)39-25-31-44-42-18-7-10-21-47(42)62(52(44)35-39)41-29-27-40(28-30-41)61-49-23-12-9-20-45(49)53-51(61)24-13-33-57-53/h1-35H. The lowest BCUT2D eigenvalue weighted by molar-refractivity contribution is 0.953. The number of hydrogen-bond acceptors (Lipinski definition) is 4. The number of benzene rings is 8. The summed E-state index contributed by atoms with van der Waals surface area (Å²) in [6, 6.07) is 72.7. The Morgan fingerprint density at radius 3 is 1.43 bits per heavy atom. The van der Waals surface area contributed by atoms with Gasteiger partial charge in [0.15, 0.2) is 11.6 Å². The molecule has 0 saturated heterocycles. The average Bonchev–Trinajstić information content (AvgIpc) is 4.00. The van der Waals surface area contributed by atoms with E-state index in [1.54, 1.807) is 0 Å². The molecule has 7 heteroatoms. The van der Waals surface area contributed by atoms with Crippen LogP contribution in [0.2, 0.25) is 0 Å². The minimum absolute atomic E-state index is 0.577. The Labute approximate surface area is 361 Å². The maximum atomic E-state index is 5.13. The first-order chi connectivity index (χ1) is 31.2. The van der Waals surface area contributed by atoms with Crippen molar-refractivity contribution in [1.29, 1.82) is 0 Å². The van der Waals surface area contributed by atoms with Crippen molar-refractivity contribution in [3.63, 3.8) is 0 Å². The second-order valence-electron chi connectivity index (χ2n) is 15.9. The van der Waals surface area contributed by atoms with E-state index < -0.39 is 0 Å². The number of hydrogen-bond donors (Lipinski definition) is 0. The van der Waals surface area contributed by atoms with Crippen LogP contribution in [0, 0.1) is 0 Å². The van der Waals surface area contributed by atoms with Crippen LogP contribution in [0.4, 0.5) is 0 Å². The molecule has 13 aromatic rings. The highest BCUT2D eigenvalue weighted by Gasteiger charge is 2.20. The molecule has 5 heterocycles. The minimum atomic E-state index is 0.577. The molecule has 63 heavy (non-hydrogen) atoms. The summed E-state index contributed by atoms with van der Waals surface area (Å²) in [7, 11) is 0. The van der Waals surface area contributed by atoms with E-state index in [2.05, 4.69) is 153 Å². The molecule has 0 N–H and O–H groups in total. The van der Waals surface area contributed by atoms with Crippen LogP contribution >= 0.6 is 0 Å². The van der Waals surface area contributed by atoms with Gasteiger partial charge in [-0.25, -0.2) is 4.98 Å². The molecule has 0 unspecified atom stereocenters. The Morgan fingerprint density at radius 2 is 0.762 bits per heavy atom. The topological polar surface area (TPSA) is 66.3 Å². The molecule has 0 aliphatic heterocycles. The zero-order valence-electron chi connectivity index (χ0n) is 33.8. The monoisotopic (exact) mass is 805 g/mol. The van der Waals surface area contributed by atoms with Crippen LogP contribution in [-0.4, -0.2) is 33.6 Å². The molecule has 5 aromatic heterocycles. The minimum Gasteiger partial charge on any atom is -0.309 e. The zero-order chi connectivity index (χ0) is 41.4. The van der Waals surface area contributed by atoms with Gasteiger partial charge in [-0.3, -0.25) is 9.55 Å². The molecule has 0 amide bonds. The van der Waals surface area contributed by atoms with Gasteiger partial charge in [0.2, 0.25) is 5.95 Å². The predicted molar refractivity (Wildman–Crippen MR) is 257 cm³/mol. The van der Waals surface area contributed by atoms with Crippen molar-refractivity contribution < 1.29 is 0 Å². The summed E-state index contributed by atoms with van der Waals surface area (Å²) in [5, 5.41) is 5.84. The van der Waals surface area contributed by atoms with Crippen molar-refractivity contribution in [1.82, 2.24) is 33.6 Å². The van der Waals surface area contributed by atoms with E-state index in [0.717, 1.165) is 82.9 Å². The van der Waals surface area contributed by atoms with Crippen LogP contribution in [0.3, 0.4) is 0 Å². The molecule has 7 nitrogen and oxygen atoms in total. The van der Waals surface area contributed by atoms with Crippen molar-refractivity contribution in [3.05, 3.63) is 212 Å². The summed E-state index contributed by atoms with van der Waals surface area (Å²) in [4.78, 5) is 20.0. The molecule has 0 spiro atoms. The van der Waals surface area contributed by atoms with Crippen molar-refractivity contribution in [2.45, 2.75) is 0 Å². The number of aromatic nitrogens is 7. The number of para-hydroxylation sites is 3. The van der Waals surface area contributed by atoms with Gasteiger partial charge in [0.25, 0.3) is 0 Å². The van der Waals surface area contributed by atoms with E-state index in [0.29, 0.717) is 17.6 Å². The third-order valence-electron chi connectivity index (χ3n) is 12.4. The molecule has 0 fully saturated rings. The third-order valence-corrected chi connectivity index (χ3v) is 12.4. The highest BCUT2D eigenvalue weighted by Crippen LogP contribution is 2.39. The van der Waals surface area contributed by atoms with Gasteiger partial charge in [0, 0.05) is 55.6 Å². The maximum Gasteiger partial charge on any atom is 0.238 e. The van der Waals surface area contributed by atoms with E-state index in [4.69, 9.17) is 19.9 Å². The zero-order valence-corrected chi connectivity index (χ0v) is 33.8. The van der Waals surface area contributed by atoms with Gasteiger partial charge in [-0.05, 0) is 83.9 Å². The van der Waals surface area contributed by atoms with Crippen LogP contribution < -0.4 is 0 Å². The Bertz CT molecular complexity index is 3790. The van der Waals surface area contributed by atoms with Gasteiger partial charge in [-0.15, -0.1) is 0 Å². The first-order valence-electron chi connectivity index (χ1n) is 21.1. The third kappa shape index (κ3) is 5.53. The Hall–Kier alpha value is -8.68. The number of fused-ring (bicyclic) bond motifs is 9. The van der Waals surface area contributed by atoms with E-state index in [1.807, 2.05) is 72.9 Å². The summed E-state index contributed by atoms with van der Waals surface area (Å²) in [5.74, 6) is 1.84. The van der Waals surface area contributed by atoms with Crippen LogP contribution in [-0.2, 0) is 0 Å². The molecule has 294 valence electrons. The van der Waals surface area contributed by atoms with Crippen molar-refractivity contribution >= 4 is 65.5 Å². The summed E-state index contributed by atoms with van der Waals surface area (Å²) >= 11 is 0. The fraction of sp³-hybridized carbons (Fsp3) is 0. The van der Waals surface area contributed by atoms with Crippen molar-refractivity contribution in [2.75, 3.05) is 0 Å². The lowest BCUT2D eigenvalue weighted by Crippen LogP contribution is -2.06. The largest absolute Gasteiger partial charge is 0.309 e. The lowest BCUT2D eigenvalue weighted by atomic mass is 10.0. The molecule has 8 aromatic carbocycles. The fourth-order valence-corrected chi connectivity index (χ4v) is 9.51. The molecule has 0 radical (unpaired) electrons. The van der Waals surface area contributed by atoms with E-state index in [9.17, 15) is 0 Å². The Morgan fingerprint density at radius 1 is 0.286 bits per heavy atom. The van der Waals surface area contributed by atoms with E-state index in [1.165, 1.54) is 16.3 Å². The van der Waals surface area contributed by atoms with Crippen molar-refractivity contribution in [2.24, 2.45) is 0 Å². The molecule has 0 aliphatic carbocycles. The predicted octanol–water partition coefficient (Wildman–Crippen LogP) is 13.6. The van der Waals surface area contributed by atoms with Gasteiger partial charge in [0.05, 0.1) is 38.6 Å². The average molecular weight is 806 g/mol. The van der Waals surface area contributed by atoms with E-state index >= 15 is 0 Å². The van der Waals surface area contributed by atoms with E-state index in [-0.39, 0.29) is 0 Å². The van der Waals surface area contributed by atoms with Gasteiger partial charge in [0.1, 0.15) is 0 Å². The smallest absolute Gasteiger partial charge is 0.238 e. The number of nitrogens with zero attached hydrogens (tertiary/aromatic N) is 7. The SMILES string of the molecule is c1ccc(-c2nc(-c3ccccc3)nc(-n3c4ccccc4c4cc(-c5ccc6c7ccccc7n(-c7ccc(-n8c9ccccc9c9ncccc98)cc7)c6c5)ccc43)n2)cc1. The number of pyridine rings is 1. The number of rotatable bonds is 6. The lowest BCUT2D eigenvalue weighted by Gasteiger charge is -2.12. The second-order valence-corrected chi connectivity index (χ2v) is 15.9. The first kappa shape index (κ1) is 35.1. The fourth-order valence-electron chi connectivity index (χ4n) is 9.51. The highest BCUT2D eigenvalue weighted by molar-refractivity contribution is 6.12. The second kappa shape index (κ2) is 13.9. The first-order valence-corrected chi connectivity index (χ1v) is 21.1. The normalized spacial score (nSPS) is 11.8. The molecular weight excluding hydrogens is 771 g/mol. The van der Waals surface area contributed by atoms with Crippen LogP contribution in [0.15, 0.2) is 212 Å². The van der Waals surface area contributed by atoms with Gasteiger partial charge >= 0.3 is 0 Å². The van der Waals surface area contributed by atoms with Crippen LogP contribution in [0.5, 0.6) is 0 Å². The molecular formula is C56H35N7. The Kier molecular flexibility index (Phi) is 7.77. The van der Waals surface area contributed by atoms with Crippen molar-refractivity contribution in [3.8, 4) is 51.2 Å². The summed E-state index contributed by atoms with van der Waals surface area (Å²) in [6.45, 7) is 0. The molecule has 0 aliphatic rings. The molecule has 13 rings (SSSR count). The summed E-state index contributed by atoms with van der Waals surface area (Å²) < 4.78 is 6.88. The Balaban J connectivity index is 0.957. The van der Waals surface area contributed by atoms with Gasteiger partial charge < -0.3 is 9.13 Å². The summed E-state index contributed by atoms with van der Waals surface area (Å²) in [6.07, 6.45) is 1.87. The molecule has 0 saturated carbocycles. The molecule has 0 bridgehead atoms. The molecule has 0 atom stereocenters. The van der Waals surface area contributed by atoms with Gasteiger partial charge in [-0.1, -0.05) is 133 Å².